The molecule has 0 saturated heterocycles. The maximum absolute atomic E-state index is 12.5. The third-order valence-corrected chi connectivity index (χ3v) is 6.28. The first-order valence-corrected chi connectivity index (χ1v) is 10.4. The third-order valence-electron chi connectivity index (χ3n) is 5.21. The Hall–Kier alpha value is -1.82. The topological polar surface area (TPSA) is 59.8 Å². The Balaban J connectivity index is 1.60. The highest BCUT2D eigenvalue weighted by atomic mass is 32.2. The Morgan fingerprint density at radius 3 is 2.73 bits per heavy atom. The Morgan fingerprint density at radius 2 is 2.00 bits per heavy atom. The number of carbonyl (C=O) groups is 1. The van der Waals surface area contributed by atoms with E-state index in [-0.39, 0.29) is 17.9 Å². The van der Waals surface area contributed by atoms with Gasteiger partial charge in [0.25, 0.3) is 0 Å². The van der Waals surface area contributed by atoms with Gasteiger partial charge in [-0.3, -0.25) is 4.79 Å². The molecule has 6 heteroatoms. The standard InChI is InChI=1S/C20H28N4OS/c1-14-9-7-8-12-17(14)13-26-20-23-22-18(24(20)3)15(2)21-19(25)16-10-5-4-6-11-16/h7-9,12,15-16H,4-6,10-11,13H2,1-3H3,(H,21,25)/t15-/m0/s1. The predicted molar refractivity (Wildman–Crippen MR) is 105 cm³/mol. The lowest BCUT2D eigenvalue weighted by atomic mass is 9.88. The molecular weight excluding hydrogens is 344 g/mol. The number of aromatic nitrogens is 3. The number of hydrogen-bond donors (Lipinski definition) is 1. The SMILES string of the molecule is Cc1ccccc1CSc1nnc([C@H](C)NC(=O)C2CCCCC2)n1C. The van der Waals surface area contributed by atoms with Gasteiger partial charge in [0, 0.05) is 18.7 Å². The molecule has 1 aromatic heterocycles. The van der Waals surface area contributed by atoms with Crippen LogP contribution < -0.4 is 5.32 Å². The highest BCUT2D eigenvalue weighted by Crippen LogP contribution is 2.26. The van der Waals surface area contributed by atoms with Crippen LogP contribution in [0.1, 0.15) is 62.0 Å². The van der Waals surface area contributed by atoms with Crippen molar-refractivity contribution in [1.29, 1.82) is 0 Å². The Kier molecular flexibility index (Phi) is 6.35. The lowest BCUT2D eigenvalue weighted by Gasteiger charge is -2.23. The molecule has 26 heavy (non-hydrogen) atoms. The lowest BCUT2D eigenvalue weighted by Crippen LogP contribution is -2.34. The fourth-order valence-corrected chi connectivity index (χ4v) is 4.50. The molecule has 0 bridgehead atoms. The van der Waals surface area contributed by atoms with Crippen LogP contribution >= 0.6 is 11.8 Å². The smallest absolute Gasteiger partial charge is 0.223 e. The lowest BCUT2D eigenvalue weighted by molar-refractivity contribution is -0.126. The van der Waals surface area contributed by atoms with Gasteiger partial charge in [-0.2, -0.15) is 0 Å². The molecule has 1 aliphatic carbocycles. The summed E-state index contributed by atoms with van der Waals surface area (Å²) in [4.78, 5) is 12.5. The van der Waals surface area contributed by atoms with E-state index in [9.17, 15) is 4.79 Å². The predicted octanol–water partition coefficient (Wildman–Crippen LogP) is 4.17. The summed E-state index contributed by atoms with van der Waals surface area (Å²) < 4.78 is 1.99. The third kappa shape index (κ3) is 4.47. The molecule has 0 unspecified atom stereocenters. The van der Waals surface area contributed by atoms with Crippen LogP contribution in [-0.4, -0.2) is 20.7 Å². The van der Waals surface area contributed by atoms with Crippen molar-refractivity contribution in [2.24, 2.45) is 13.0 Å². The first-order chi connectivity index (χ1) is 12.6. The van der Waals surface area contributed by atoms with Crippen molar-refractivity contribution in [2.75, 3.05) is 0 Å². The summed E-state index contributed by atoms with van der Waals surface area (Å²) in [5.41, 5.74) is 2.59. The quantitative estimate of drug-likeness (QED) is 0.773. The minimum absolute atomic E-state index is 0.130. The summed E-state index contributed by atoms with van der Waals surface area (Å²) in [6, 6.07) is 8.26. The second kappa shape index (κ2) is 8.71. The zero-order valence-electron chi connectivity index (χ0n) is 15.9. The van der Waals surface area contributed by atoms with Crippen molar-refractivity contribution in [1.82, 2.24) is 20.1 Å². The van der Waals surface area contributed by atoms with Gasteiger partial charge in [-0.25, -0.2) is 0 Å². The van der Waals surface area contributed by atoms with Gasteiger partial charge in [-0.1, -0.05) is 55.3 Å². The van der Waals surface area contributed by atoms with Gasteiger partial charge >= 0.3 is 0 Å². The number of rotatable bonds is 6. The first kappa shape index (κ1) is 19.0. The number of carbonyl (C=O) groups excluding carboxylic acids is 1. The Labute approximate surface area is 160 Å². The van der Waals surface area contributed by atoms with E-state index in [0.717, 1.165) is 42.4 Å². The van der Waals surface area contributed by atoms with Gasteiger partial charge in [0.1, 0.15) is 0 Å². The average Bonchev–Trinajstić information content (AvgIpc) is 3.02. The highest BCUT2D eigenvalue weighted by molar-refractivity contribution is 7.98. The van der Waals surface area contributed by atoms with Crippen molar-refractivity contribution in [3.63, 3.8) is 0 Å². The molecule has 1 N–H and O–H groups in total. The van der Waals surface area contributed by atoms with E-state index >= 15 is 0 Å². The molecule has 1 fully saturated rings. The van der Waals surface area contributed by atoms with Crippen molar-refractivity contribution in [3.05, 3.63) is 41.2 Å². The molecule has 2 aromatic rings. The van der Waals surface area contributed by atoms with E-state index in [2.05, 4.69) is 46.7 Å². The van der Waals surface area contributed by atoms with Crippen LogP contribution in [0, 0.1) is 12.8 Å². The Morgan fingerprint density at radius 1 is 1.27 bits per heavy atom. The van der Waals surface area contributed by atoms with Crippen molar-refractivity contribution < 1.29 is 4.79 Å². The normalized spacial score (nSPS) is 16.4. The van der Waals surface area contributed by atoms with Crippen LogP contribution in [0.25, 0.3) is 0 Å². The highest BCUT2D eigenvalue weighted by Gasteiger charge is 2.24. The minimum Gasteiger partial charge on any atom is -0.346 e. The maximum Gasteiger partial charge on any atom is 0.223 e. The zero-order chi connectivity index (χ0) is 18.5. The molecule has 1 heterocycles. The van der Waals surface area contributed by atoms with Crippen molar-refractivity contribution in [3.8, 4) is 0 Å². The van der Waals surface area contributed by atoms with Gasteiger partial charge in [-0.05, 0) is 37.8 Å². The second-order valence-electron chi connectivity index (χ2n) is 7.18. The number of amides is 1. The number of nitrogens with one attached hydrogen (secondary N) is 1. The molecular formula is C20H28N4OS. The minimum atomic E-state index is -0.130. The van der Waals surface area contributed by atoms with E-state index in [1.54, 1.807) is 11.8 Å². The van der Waals surface area contributed by atoms with Crippen LogP contribution in [0.5, 0.6) is 0 Å². The average molecular weight is 373 g/mol. The molecule has 1 saturated carbocycles. The fourth-order valence-electron chi connectivity index (χ4n) is 3.50. The monoisotopic (exact) mass is 372 g/mol. The number of hydrogen-bond acceptors (Lipinski definition) is 4. The number of aryl methyl sites for hydroxylation is 1. The first-order valence-electron chi connectivity index (χ1n) is 9.43. The van der Waals surface area contributed by atoms with E-state index in [4.69, 9.17) is 0 Å². The van der Waals surface area contributed by atoms with Crippen LogP contribution in [0.3, 0.4) is 0 Å². The van der Waals surface area contributed by atoms with Crippen LogP contribution in [0.2, 0.25) is 0 Å². The van der Waals surface area contributed by atoms with Crippen molar-refractivity contribution in [2.45, 2.75) is 62.9 Å². The molecule has 0 spiro atoms. The van der Waals surface area contributed by atoms with Gasteiger partial charge in [0.2, 0.25) is 5.91 Å². The summed E-state index contributed by atoms with van der Waals surface area (Å²) in [6.45, 7) is 4.11. The van der Waals surface area contributed by atoms with Crippen LogP contribution in [-0.2, 0) is 17.6 Å². The maximum atomic E-state index is 12.5. The molecule has 3 rings (SSSR count). The van der Waals surface area contributed by atoms with Gasteiger partial charge in [0.15, 0.2) is 11.0 Å². The van der Waals surface area contributed by atoms with E-state index in [1.807, 2.05) is 18.5 Å². The number of thioether (sulfide) groups is 1. The zero-order valence-corrected chi connectivity index (χ0v) is 16.7. The molecule has 0 radical (unpaired) electrons. The van der Waals surface area contributed by atoms with Gasteiger partial charge in [-0.15, -0.1) is 10.2 Å². The van der Waals surface area contributed by atoms with E-state index in [1.165, 1.54) is 17.5 Å². The molecule has 0 aliphatic heterocycles. The largest absolute Gasteiger partial charge is 0.346 e. The van der Waals surface area contributed by atoms with E-state index in [0.29, 0.717) is 0 Å². The summed E-state index contributed by atoms with van der Waals surface area (Å²) in [5.74, 6) is 1.99. The molecule has 1 aromatic carbocycles. The Bertz CT molecular complexity index is 752. The van der Waals surface area contributed by atoms with Crippen LogP contribution in [0.15, 0.2) is 29.4 Å². The molecule has 1 atom stereocenters. The van der Waals surface area contributed by atoms with Gasteiger partial charge < -0.3 is 9.88 Å². The van der Waals surface area contributed by atoms with E-state index < -0.39 is 0 Å². The van der Waals surface area contributed by atoms with Crippen molar-refractivity contribution >= 4 is 17.7 Å². The number of nitrogens with zero attached hydrogens (tertiary/aromatic N) is 3. The summed E-state index contributed by atoms with van der Waals surface area (Å²) in [7, 11) is 1.97. The molecule has 5 nitrogen and oxygen atoms in total. The number of benzene rings is 1. The molecule has 140 valence electrons. The molecule has 1 amide bonds. The summed E-state index contributed by atoms with van der Waals surface area (Å²) in [6.07, 6.45) is 5.60. The van der Waals surface area contributed by atoms with Gasteiger partial charge in [0.05, 0.1) is 6.04 Å². The molecule has 1 aliphatic rings. The summed E-state index contributed by atoms with van der Waals surface area (Å²) >= 11 is 1.68. The van der Waals surface area contributed by atoms with Crippen LogP contribution in [0.4, 0.5) is 0 Å². The second-order valence-corrected chi connectivity index (χ2v) is 8.12. The fraction of sp³-hybridized carbons (Fsp3) is 0.550. The summed E-state index contributed by atoms with van der Waals surface area (Å²) in [5, 5.41) is 12.7.